The molecule has 2 aliphatic rings. The summed E-state index contributed by atoms with van der Waals surface area (Å²) in [4.78, 5) is 16.8. The molecule has 1 fully saturated rings. The van der Waals surface area contributed by atoms with Gasteiger partial charge in [0.25, 0.3) is 0 Å². The molecule has 0 aromatic heterocycles. The van der Waals surface area contributed by atoms with Gasteiger partial charge < -0.3 is 4.90 Å². The molecule has 1 aliphatic carbocycles. The molecule has 4 rings (SSSR count). The molecule has 2 aromatic carbocycles. The Labute approximate surface area is 161 Å². The number of rotatable bonds is 4. The first-order valence-electron chi connectivity index (χ1n) is 9.81. The van der Waals surface area contributed by atoms with Crippen molar-refractivity contribution in [2.75, 3.05) is 26.2 Å². The van der Waals surface area contributed by atoms with Gasteiger partial charge in [-0.05, 0) is 41.5 Å². The van der Waals surface area contributed by atoms with Crippen molar-refractivity contribution >= 4 is 5.91 Å². The molecule has 0 radical (unpaired) electrons. The second-order valence-electron chi connectivity index (χ2n) is 7.49. The summed E-state index contributed by atoms with van der Waals surface area (Å²) in [6.07, 6.45) is 4.03. The van der Waals surface area contributed by atoms with Gasteiger partial charge in [-0.3, -0.25) is 9.69 Å². The van der Waals surface area contributed by atoms with Gasteiger partial charge in [-0.15, -0.1) is 0 Å². The van der Waals surface area contributed by atoms with E-state index in [2.05, 4.69) is 29.2 Å². The van der Waals surface area contributed by atoms with Crippen molar-refractivity contribution in [3.05, 3.63) is 70.8 Å². The van der Waals surface area contributed by atoms with Crippen LogP contribution in [0.4, 0.5) is 0 Å². The number of piperazine rings is 1. The van der Waals surface area contributed by atoms with E-state index in [0.717, 1.165) is 30.6 Å². The first-order valence-corrected chi connectivity index (χ1v) is 9.81. The fourth-order valence-electron chi connectivity index (χ4n) is 4.25. The Balaban J connectivity index is 1.35. The van der Waals surface area contributed by atoms with Gasteiger partial charge in [-0.2, -0.15) is 5.26 Å². The smallest absolute Gasteiger partial charge is 0.227 e. The lowest BCUT2D eigenvalue weighted by Gasteiger charge is -2.37. The highest BCUT2D eigenvalue weighted by molar-refractivity contribution is 5.79. The fourth-order valence-corrected chi connectivity index (χ4v) is 4.25. The lowest BCUT2D eigenvalue weighted by molar-refractivity contribution is -0.132. The largest absolute Gasteiger partial charge is 0.340 e. The molecule has 1 aliphatic heterocycles. The summed E-state index contributed by atoms with van der Waals surface area (Å²) in [6.45, 7) is 2.86. The standard InChI is InChI=1S/C23H25N3O/c24-17-22(20-5-2-1-3-6-20)25-11-13-26(14-12-25)23(27)16-18-9-10-19-7-4-8-21(19)15-18/h1-3,5-6,9-10,15,22H,4,7-8,11-14,16H2. The van der Waals surface area contributed by atoms with Gasteiger partial charge in [0.2, 0.25) is 5.91 Å². The lowest BCUT2D eigenvalue weighted by atomic mass is 10.0. The van der Waals surface area contributed by atoms with E-state index in [1.165, 1.54) is 24.0 Å². The average molecular weight is 359 g/mol. The number of nitrogens with zero attached hydrogens (tertiary/aromatic N) is 3. The number of carbonyl (C=O) groups excluding carboxylic acids is 1. The van der Waals surface area contributed by atoms with Crippen LogP contribution < -0.4 is 0 Å². The third kappa shape index (κ3) is 3.89. The van der Waals surface area contributed by atoms with Gasteiger partial charge >= 0.3 is 0 Å². The first kappa shape index (κ1) is 17.8. The molecular formula is C23H25N3O. The topological polar surface area (TPSA) is 47.3 Å². The Morgan fingerprint density at radius 3 is 2.48 bits per heavy atom. The van der Waals surface area contributed by atoms with Crippen molar-refractivity contribution in [3.8, 4) is 6.07 Å². The summed E-state index contributed by atoms with van der Waals surface area (Å²) in [6, 6.07) is 18.6. The van der Waals surface area contributed by atoms with E-state index >= 15 is 0 Å². The number of hydrogen-bond donors (Lipinski definition) is 0. The lowest BCUT2D eigenvalue weighted by Crippen LogP contribution is -2.49. The highest BCUT2D eigenvalue weighted by Crippen LogP contribution is 2.24. The van der Waals surface area contributed by atoms with E-state index in [1.54, 1.807) is 0 Å². The zero-order valence-corrected chi connectivity index (χ0v) is 15.6. The van der Waals surface area contributed by atoms with Crippen LogP contribution in [0.1, 0.15) is 34.7 Å². The third-order valence-corrected chi connectivity index (χ3v) is 5.79. The molecule has 4 heteroatoms. The van der Waals surface area contributed by atoms with Crippen LogP contribution in [-0.2, 0) is 24.1 Å². The number of amides is 1. The first-order chi connectivity index (χ1) is 13.2. The average Bonchev–Trinajstić information content (AvgIpc) is 3.18. The molecule has 1 heterocycles. The minimum atomic E-state index is -0.236. The summed E-state index contributed by atoms with van der Waals surface area (Å²) in [5.74, 6) is 0.195. The predicted octanol–water partition coefficient (Wildman–Crippen LogP) is 3.13. The Morgan fingerprint density at radius 1 is 1.00 bits per heavy atom. The van der Waals surface area contributed by atoms with Crippen molar-refractivity contribution < 1.29 is 4.79 Å². The Bertz CT molecular complexity index is 848. The molecule has 0 bridgehead atoms. The van der Waals surface area contributed by atoms with Crippen molar-refractivity contribution in [2.24, 2.45) is 0 Å². The zero-order valence-electron chi connectivity index (χ0n) is 15.6. The van der Waals surface area contributed by atoms with Crippen LogP contribution in [-0.4, -0.2) is 41.9 Å². The summed E-state index contributed by atoms with van der Waals surface area (Å²) < 4.78 is 0. The Hall–Kier alpha value is -2.64. The Morgan fingerprint density at radius 2 is 1.74 bits per heavy atom. The predicted molar refractivity (Wildman–Crippen MR) is 105 cm³/mol. The number of nitriles is 1. The van der Waals surface area contributed by atoms with Crippen molar-refractivity contribution in [3.63, 3.8) is 0 Å². The van der Waals surface area contributed by atoms with Gasteiger partial charge in [0.15, 0.2) is 0 Å². The van der Waals surface area contributed by atoms with Crippen LogP contribution in [0.3, 0.4) is 0 Å². The molecular weight excluding hydrogens is 334 g/mol. The number of aryl methyl sites for hydroxylation is 2. The molecule has 1 amide bonds. The Kier molecular flexibility index (Phi) is 5.22. The monoisotopic (exact) mass is 359 g/mol. The van der Waals surface area contributed by atoms with Crippen molar-refractivity contribution in [2.45, 2.75) is 31.7 Å². The highest BCUT2D eigenvalue weighted by atomic mass is 16.2. The maximum absolute atomic E-state index is 12.7. The molecule has 1 unspecified atom stereocenters. The number of benzene rings is 2. The van der Waals surface area contributed by atoms with Gasteiger partial charge in [0.1, 0.15) is 6.04 Å². The SMILES string of the molecule is N#CC(c1ccccc1)N1CCN(C(=O)Cc2ccc3c(c2)CCC3)CC1. The summed E-state index contributed by atoms with van der Waals surface area (Å²) in [5.41, 5.74) is 5.02. The second-order valence-corrected chi connectivity index (χ2v) is 7.49. The van der Waals surface area contributed by atoms with Crippen LogP contribution in [0.15, 0.2) is 48.5 Å². The van der Waals surface area contributed by atoms with E-state index < -0.39 is 0 Å². The fraction of sp³-hybridized carbons (Fsp3) is 0.391. The quantitative estimate of drug-likeness (QED) is 0.843. The molecule has 1 atom stereocenters. The highest BCUT2D eigenvalue weighted by Gasteiger charge is 2.27. The molecule has 0 N–H and O–H groups in total. The minimum Gasteiger partial charge on any atom is -0.340 e. The van der Waals surface area contributed by atoms with E-state index in [0.29, 0.717) is 19.5 Å². The molecule has 2 aromatic rings. The van der Waals surface area contributed by atoms with Crippen molar-refractivity contribution in [1.29, 1.82) is 5.26 Å². The molecule has 27 heavy (non-hydrogen) atoms. The van der Waals surface area contributed by atoms with E-state index in [1.807, 2.05) is 35.2 Å². The van der Waals surface area contributed by atoms with E-state index in [4.69, 9.17) is 0 Å². The van der Waals surface area contributed by atoms with Gasteiger partial charge in [-0.25, -0.2) is 0 Å². The van der Waals surface area contributed by atoms with Crippen LogP contribution in [0.2, 0.25) is 0 Å². The molecule has 138 valence electrons. The number of hydrogen-bond acceptors (Lipinski definition) is 3. The van der Waals surface area contributed by atoms with Crippen molar-refractivity contribution in [1.82, 2.24) is 9.80 Å². The minimum absolute atomic E-state index is 0.195. The number of fused-ring (bicyclic) bond motifs is 1. The van der Waals surface area contributed by atoms with E-state index in [-0.39, 0.29) is 11.9 Å². The second kappa shape index (κ2) is 7.94. The summed E-state index contributed by atoms with van der Waals surface area (Å²) >= 11 is 0. The molecule has 4 nitrogen and oxygen atoms in total. The van der Waals surface area contributed by atoms with Crippen LogP contribution in [0.5, 0.6) is 0 Å². The maximum Gasteiger partial charge on any atom is 0.227 e. The molecule has 1 saturated heterocycles. The van der Waals surface area contributed by atoms with E-state index in [9.17, 15) is 10.1 Å². The van der Waals surface area contributed by atoms with Crippen LogP contribution >= 0.6 is 0 Å². The van der Waals surface area contributed by atoms with Gasteiger partial charge in [-0.1, -0.05) is 48.5 Å². The summed E-state index contributed by atoms with van der Waals surface area (Å²) in [7, 11) is 0. The molecule has 0 saturated carbocycles. The van der Waals surface area contributed by atoms with Gasteiger partial charge in [0, 0.05) is 26.2 Å². The maximum atomic E-state index is 12.7. The molecule has 0 spiro atoms. The normalized spacial score (nSPS) is 18.0. The summed E-state index contributed by atoms with van der Waals surface area (Å²) in [5, 5.41) is 9.61. The third-order valence-electron chi connectivity index (χ3n) is 5.79. The van der Waals surface area contributed by atoms with Crippen LogP contribution in [0, 0.1) is 11.3 Å². The number of carbonyl (C=O) groups is 1. The van der Waals surface area contributed by atoms with Crippen LogP contribution in [0.25, 0.3) is 0 Å². The van der Waals surface area contributed by atoms with Gasteiger partial charge in [0.05, 0.1) is 12.5 Å². The zero-order chi connectivity index (χ0) is 18.6.